The maximum absolute atomic E-state index is 13.9. The largest absolute Gasteiger partial charge is 0.573 e. The van der Waals surface area contributed by atoms with Crippen molar-refractivity contribution in [3.63, 3.8) is 0 Å². The van der Waals surface area contributed by atoms with E-state index >= 15 is 0 Å². The summed E-state index contributed by atoms with van der Waals surface area (Å²) in [6, 6.07) is 5.13. The van der Waals surface area contributed by atoms with Crippen molar-refractivity contribution in [1.29, 1.82) is 0 Å². The molecule has 0 radical (unpaired) electrons. The van der Waals surface area contributed by atoms with Crippen molar-refractivity contribution in [2.45, 2.75) is 43.4 Å². The van der Waals surface area contributed by atoms with E-state index in [1.165, 1.54) is 6.07 Å². The molecule has 13 heteroatoms. The number of nitrogen functional groups attached to an aromatic ring is 1. The molecule has 8 nitrogen and oxygen atoms in total. The van der Waals surface area contributed by atoms with Crippen LogP contribution in [0.5, 0.6) is 5.75 Å². The lowest BCUT2D eigenvalue weighted by atomic mass is 9.89. The van der Waals surface area contributed by atoms with Gasteiger partial charge in [0.15, 0.2) is 5.65 Å². The van der Waals surface area contributed by atoms with E-state index in [1.54, 1.807) is 11.1 Å². The molecule has 2 fully saturated rings. The van der Waals surface area contributed by atoms with E-state index in [0.29, 0.717) is 49.5 Å². The second-order valence-electron chi connectivity index (χ2n) is 9.47. The summed E-state index contributed by atoms with van der Waals surface area (Å²) in [4.78, 5) is 26.7. The van der Waals surface area contributed by atoms with Gasteiger partial charge in [0.1, 0.15) is 17.1 Å². The Morgan fingerprint density at radius 3 is 2.59 bits per heavy atom. The van der Waals surface area contributed by atoms with Crippen LogP contribution in [-0.2, 0) is 0 Å². The van der Waals surface area contributed by atoms with Crippen molar-refractivity contribution in [3.05, 3.63) is 47.4 Å². The van der Waals surface area contributed by atoms with Gasteiger partial charge >= 0.3 is 6.36 Å². The molecule has 5 rings (SSSR count). The Morgan fingerprint density at radius 2 is 1.92 bits per heavy atom. The first-order valence-electron chi connectivity index (χ1n) is 11.9. The molecule has 1 aromatic carbocycles. The maximum Gasteiger partial charge on any atom is 0.573 e. The molecule has 4 N–H and O–H groups in total. The summed E-state index contributed by atoms with van der Waals surface area (Å²) < 4.78 is 69.0. The van der Waals surface area contributed by atoms with E-state index in [2.05, 4.69) is 25.0 Å². The Balaban J connectivity index is 1.28. The van der Waals surface area contributed by atoms with Gasteiger partial charge in [0.25, 0.3) is 11.8 Å². The first kappa shape index (κ1) is 25.2. The number of aromatic nitrogens is 3. The summed E-state index contributed by atoms with van der Waals surface area (Å²) in [5.74, 6) is -3.58. The fourth-order valence-electron chi connectivity index (χ4n) is 5.09. The molecule has 0 aliphatic carbocycles. The lowest BCUT2D eigenvalue weighted by molar-refractivity contribution is -0.274. The van der Waals surface area contributed by atoms with Crippen LogP contribution in [0.25, 0.3) is 11.2 Å². The number of benzene rings is 1. The van der Waals surface area contributed by atoms with Gasteiger partial charge in [-0.15, -0.1) is 13.2 Å². The number of carbonyl (C=O) groups is 1. The quantitative estimate of drug-likeness (QED) is 0.349. The van der Waals surface area contributed by atoms with Gasteiger partial charge in [0, 0.05) is 49.9 Å². The number of hydrogen-bond donors (Lipinski definition) is 3. The minimum absolute atomic E-state index is 0.0662. The highest BCUT2D eigenvalue weighted by molar-refractivity contribution is 5.99. The Morgan fingerprint density at radius 1 is 1.16 bits per heavy atom. The van der Waals surface area contributed by atoms with Crippen LogP contribution in [0.3, 0.4) is 0 Å². The minimum Gasteiger partial charge on any atom is -0.406 e. The standard InChI is InChI=1S/C24H25F5N6O2/c25-23(26)10-14(11-31-12-23)20-33-19-16(3-6-32-21(19)34-20)13-4-7-35(8-5-13)22(36)17-2-1-15(9-18(17)30)37-24(27,28)29/h1-3,6,9,13-14,31H,4-5,7-8,10-12,30H2,(H,32,33,34). The molecule has 2 aromatic heterocycles. The third-order valence-electron chi connectivity index (χ3n) is 6.85. The molecule has 0 bridgehead atoms. The third kappa shape index (κ3) is 5.45. The van der Waals surface area contributed by atoms with Gasteiger partial charge in [0.2, 0.25) is 0 Å². The van der Waals surface area contributed by atoms with E-state index in [1.807, 2.05) is 6.07 Å². The molecule has 198 valence electrons. The number of nitrogens with one attached hydrogen (secondary N) is 2. The Kier molecular flexibility index (Phi) is 6.42. The zero-order valence-electron chi connectivity index (χ0n) is 19.6. The number of aromatic amines is 1. The molecular formula is C24H25F5N6O2. The number of carbonyl (C=O) groups excluding carboxylic acids is 1. The molecule has 37 heavy (non-hydrogen) atoms. The average molecular weight is 524 g/mol. The van der Waals surface area contributed by atoms with Gasteiger partial charge in [-0.1, -0.05) is 0 Å². The van der Waals surface area contributed by atoms with Crippen molar-refractivity contribution in [3.8, 4) is 5.75 Å². The van der Waals surface area contributed by atoms with Crippen LogP contribution in [0.1, 0.15) is 52.8 Å². The smallest absolute Gasteiger partial charge is 0.406 e. The van der Waals surface area contributed by atoms with E-state index in [9.17, 15) is 26.7 Å². The van der Waals surface area contributed by atoms with Gasteiger partial charge in [0.05, 0.1) is 12.1 Å². The summed E-state index contributed by atoms with van der Waals surface area (Å²) >= 11 is 0. The molecule has 3 aromatic rings. The van der Waals surface area contributed by atoms with Crippen LogP contribution in [0.4, 0.5) is 27.6 Å². The predicted octanol–water partition coefficient (Wildman–Crippen LogP) is 4.17. The SMILES string of the molecule is Nc1cc(OC(F)(F)F)ccc1C(=O)N1CCC(c2ccnc3[nH]c(C4CNCC(F)(F)C4)nc23)CC1. The van der Waals surface area contributed by atoms with Gasteiger partial charge in [-0.25, -0.2) is 18.7 Å². The number of anilines is 1. The zero-order chi connectivity index (χ0) is 26.4. The van der Waals surface area contributed by atoms with Gasteiger partial charge < -0.3 is 25.7 Å². The summed E-state index contributed by atoms with van der Waals surface area (Å²) in [6.07, 6.45) is -2.26. The highest BCUT2D eigenvalue weighted by atomic mass is 19.4. The minimum atomic E-state index is -4.86. The Labute approximate surface area is 208 Å². The second kappa shape index (κ2) is 9.43. The van der Waals surface area contributed by atoms with Gasteiger partial charge in [-0.05, 0) is 42.5 Å². The molecule has 4 heterocycles. The van der Waals surface area contributed by atoms with Gasteiger partial charge in [-0.2, -0.15) is 0 Å². The molecule has 1 amide bonds. The molecule has 1 atom stereocenters. The summed E-state index contributed by atoms with van der Waals surface area (Å²) in [5.41, 5.74) is 7.96. The van der Waals surface area contributed by atoms with Crippen molar-refractivity contribution in [2.75, 3.05) is 31.9 Å². The first-order valence-corrected chi connectivity index (χ1v) is 11.9. The lowest BCUT2D eigenvalue weighted by Gasteiger charge is -2.32. The maximum atomic E-state index is 13.9. The van der Waals surface area contributed by atoms with Gasteiger partial charge in [-0.3, -0.25) is 4.79 Å². The molecule has 2 saturated heterocycles. The van der Waals surface area contributed by atoms with E-state index in [4.69, 9.17) is 5.73 Å². The first-order chi connectivity index (χ1) is 17.5. The number of rotatable bonds is 4. The van der Waals surface area contributed by atoms with Crippen LogP contribution < -0.4 is 15.8 Å². The Hall–Kier alpha value is -3.48. The van der Waals surface area contributed by atoms with Crippen molar-refractivity contribution in [2.24, 2.45) is 0 Å². The number of H-pyrrole nitrogens is 1. The fourth-order valence-corrected chi connectivity index (χ4v) is 5.09. The number of fused-ring (bicyclic) bond motifs is 1. The fraction of sp³-hybridized carbons (Fsp3) is 0.458. The van der Waals surface area contributed by atoms with Crippen LogP contribution in [0.15, 0.2) is 30.5 Å². The van der Waals surface area contributed by atoms with Crippen LogP contribution in [-0.4, -0.2) is 64.2 Å². The number of alkyl halides is 5. The molecule has 0 spiro atoms. The third-order valence-corrected chi connectivity index (χ3v) is 6.85. The number of likely N-dealkylation sites (tertiary alicyclic amines) is 1. The van der Waals surface area contributed by atoms with E-state index in [0.717, 1.165) is 17.7 Å². The molecular weight excluding hydrogens is 499 g/mol. The number of hydrogen-bond acceptors (Lipinski definition) is 6. The zero-order valence-corrected chi connectivity index (χ0v) is 19.6. The summed E-state index contributed by atoms with van der Waals surface area (Å²) in [7, 11) is 0. The predicted molar refractivity (Wildman–Crippen MR) is 124 cm³/mol. The van der Waals surface area contributed by atoms with Crippen LogP contribution in [0, 0.1) is 0 Å². The van der Waals surface area contributed by atoms with Crippen LogP contribution in [0.2, 0.25) is 0 Å². The number of pyridine rings is 1. The number of halogens is 5. The highest BCUT2D eigenvalue weighted by Gasteiger charge is 2.38. The topological polar surface area (TPSA) is 109 Å². The lowest BCUT2D eigenvalue weighted by Crippen LogP contribution is -2.43. The summed E-state index contributed by atoms with van der Waals surface area (Å²) in [5, 5.41) is 2.76. The molecule has 2 aliphatic heterocycles. The van der Waals surface area contributed by atoms with Crippen LogP contribution >= 0.6 is 0 Å². The molecule has 1 unspecified atom stereocenters. The van der Waals surface area contributed by atoms with Crippen molar-refractivity contribution < 1.29 is 31.5 Å². The van der Waals surface area contributed by atoms with Crippen molar-refractivity contribution >= 4 is 22.8 Å². The monoisotopic (exact) mass is 524 g/mol. The highest BCUT2D eigenvalue weighted by Crippen LogP contribution is 2.36. The molecule has 2 aliphatic rings. The average Bonchev–Trinajstić information content (AvgIpc) is 3.27. The normalized spacial score (nSPS) is 20.8. The number of piperidine rings is 2. The van der Waals surface area contributed by atoms with E-state index in [-0.39, 0.29) is 36.0 Å². The number of imidazole rings is 1. The molecule has 0 saturated carbocycles. The number of nitrogens with two attached hydrogens (primary N) is 1. The second-order valence-corrected chi connectivity index (χ2v) is 9.47. The van der Waals surface area contributed by atoms with E-state index < -0.39 is 24.0 Å². The Bertz CT molecular complexity index is 1300. The number of nitrogens with zero attached hydrogens (tertiary/aromatic N) is 3. The van der Waals surface area contributed by atoms with Crippen molar-refractivity contribution in [1.82, 2.24) is 25.2 Å². The summed E-state index contributed by atoms with van der Waals surface area (Å²) in [6.45, 7) is 0.868. The number of amides is 1. The number of ether oxygens (including phenoxy) is 1.